The summed E-state index contributed by atoms with van der Waals surface area (Å²) in [7, 11) is -2.16. The number of carbonyl (C=O) groups excluding carboxylic acids is 1. The zero-order valence-electron chi connectivity index (χ0n) is 16.8. The number of benzene rings is 1. The summed E-state index contributed by atoms with van der Waals surface area (Å²) < 4.78 is 32.1. The van der Waals surface area contributed by atoms with Gasteiger partial charge < -0.3 is 15.4 Å². The summed E-state index contributed by atoms with van der Waals surface area (Å²) in [5.74, 6) is 0.269. The van der Waals surface area contributed by atoms with Crippen LogP contribution < -0.4 is 15.4 Å². The fraction of sp³-hybridized carbons (Fsp3) is 0.579. The van der Waals surface area contributed by atoms with Crippen LogP contribution in [0.2, 0.25) is 0 Å². The molecule has 1 amide bonds. The van der Waals surface area contributed by atoms with Crippen molar-refractivity contribution in [2.45, 2.75) is 44.0 Å². The van der Waals surface area contributed by atoms with Crippen LogP contribution in [0.15, 0.2) is 23.1 Å². The molecule has 0 saturated heterocycles. The maximum Gasteiger partial charge on any atom is 0.243 e. The van der Waals surface area contributed by atoms with Crippen molar-refractivity contribution < 1.29 is 17.9 Å². The largest absolute Gasteiger partial charge is 0.495 e. The highest BCUT2D eigenvalue weighted by molar-refractivity contribution is 7.89. The number of nitrogens with zero attached hydrogens (tertiary/aromatic N) is 2. The molecule has 1 aliphatic carbocycles. The molecule has 9 heteroatoms. The van der Waals surface area contributed by atoms with E-state index in [0.29, 0.717) is 24.5 Å². The maximum absolute atomic E-state index is 12.7. The van der Waals surface area contributed by atoms with E-state index >= 15 is 0 Å². The second-order valence-electron chi connectivity index (χ2n) is 6.94. The van der Waals surface area contributed by atoms with Crippen LogP contribution in [0.25, 0.3) is 0 Å². The second kappa shape index (κ2) is 8.80. The lowest BCUT2D eigenvalue weighted by molar-refractivity contribution is -0.120. The van der Waals surface area contributed by atoms with Crippen molar-refractivity contribution in [3.63, 3.8) is 0 Å². The highest BCUT2D eigenvalue weighted by Gasteiger charge is 2.42. The molecule has 0 aromatic heterocycles. The van der Waals surface area contributed by atoms with Gasteiger partial charge in [0.2, 0.25) is 15.9 Å². The lowest BCUT2D eigenvalue weighted by Crippen LogP contribution is -2.48. The molecule has 0 aliphatic heterocycles. The van der Waals surface area contributed by atoms with E-state index < -0.39 is 15.6 Å². The zero-order chi connectivity index (χ0) is 20.9. The number of hydrogen-bond acceptors (Lipinski definition) is 6. The summed E-state index contributed by atoms with van der Waals surface area (Å²) in [6.45, 7) is 5.91. The predicted molar refractivity (Wildman–Crippen MR) is 106 cm³/mol. The molecule has 154 valence electrons. The third-order valence-corrected chi connectivity index (χ3v) is 7.02. The SMILES string of the molecule is CCN(CC)S(=O)(=O)c1ccc(OC)c(NCC(=O)N[C@](C)(C#N)C2CC2)c1. The van der Waals surface area contributed by atoms with Crippen molar-refractivity contribution in [2.24, 2.45) is 5.92 Å². The summed E-state index contributed by atoms with van der Waals surface area (Å²) in [5.41, 5.74) is -0.479. The summed E-state index contributed by atoms with van der Waals surface area (Å²) in [5, 5.41) is 15.1. The molecule has 1 aromatic carbocycles. The lowest BCUT2D eigenvalue weighted by atomic mass is 9.98. The Morgan fingerprint density at radius 2 is 2.00 bits per heavy atom. The van der Waals surface area contributed by atoms with Crippen molar-refractivity contribution in [1.82, 2.24) is 9.62 Å². The number of ether oxygens (including phenoxy) is 1. The Kier molecular flexibility index (Phi) is 6.91. The van der Waals surface area contributed by atoms with Crippen LogP contribution in [0.1, 0.15) is 33.6 Å². The second-order valence-corrected chi connectivity index (χ2v) is 8.88. The first kappa shape index (κ1) is 22.0. The Balaban J connectivity index is 2.16. The number of nitriles is 1. The molecular weight excluding hydrogens is 380 g/mol. The number of sulfonamides is 1. The Hall–Kier alpha value is -2.31. The summed E-state index contributed by atoms with van der Waals surface area (Å²) in [6.07, 6.45) is 1.85. The van der Waals surface area contributed by atoms with Gasteiger partial charge in [-0.2, -0.15) is 9.57 Å². The molecule has 2 N–H and O–H groups in total. The molecule has 0 unspecified atom stereocenters. The smallest absolute Gasteiger partial charge is 0.243 e. The van der Waals surface area contributed by atoms with Crippen molar-refractivity contribution in [2.75, 3.05) is 32.1 Å². The topological polar surface area (TPSA) is 112 Å². The van der Waals surface area contributed by atoms with Gasteiger partial charge in [0.1, 0.15) is 11.3 Å². The van der Waals surface area contributed by atoms with Gasteiger partial charge in [-0.25, -0.2) is 8.42 Å². The first-order chi connectivity index (χ1) is 13.2. The molecule has 1 fully saturated rings. The molecule has 0 radical (unpaired) electrons. The molecule has 0 heterocycles. The predicted octanol–water partition coefficient (Wildman–Crippen LogP) is 1.95. The number of nitrogens with one attached hydrogen (secondary N) is 2. The molecule has 1 saturated carbocycles. The molecule has 0 bridgehead atoms. The van der Waals surface area contributed by atoms with Gasteiger partial charge in [0, 0.05) is 13.1 Å². The Morgan fingerprint density at radius 1 is 1.36 bits per heavy atom. The minimum Gasteiger partial charge on any atom is -0.495 e. The minimum absolute atomic E-state index is 0.102. The van der Waals surface area contributed by atoms with E-state index in [1.54, 1.807) is 26.8 Å². The quantitative estimate of drug-likeness (QED) is 0.612. The maximum atomic E-state index is 12.7. The van der Waals surface area contributed by atoms with E-state index in [0.717, 1.165) is 12.8 Å². The Labute approximate surface area is 166 Å². The first-order valence-electron chi connectivity index (χ1n) is 9.36. The normalized spacial score (nSPS) is 16.1. The van der Waals surface area contributed by atoms with Crippen LogP contribution in [-0.2, 0) is 14.8 Å². The van der Waals surface area contributed by atoms with Gasteiger partial charge in [0.25, 0.3) is 0 Å². The molecule has 0 spiro atoms. The summed E-state index contributed by atoms with van der Waals surface area (Å²) in [6, 6.07) is 6.68. The fourth-order valence-electron chi connectivity index (χ4n) is 3.09. The van der Waals surface area contributed by atoms with E-state index in [1.807, 2.05) is 0 Å². The summed E-state index contributed by atoms with van der Waals surface area (Å²) in [4.78, 5) is 12.4. The number of rotatable bonds is 10. The van der Waals surface area contributed by atoms with Crippen molar-refractivity contribution >= 4 is 21.6 Å². The molecule has 8 nitrogen and oxygen atoms in total. The number of carbonyl (C=O) groups is 1. The van der Waals surface area contributed by atoms with Crippen LogP contribution in [0.3, 0.4) is 0 Å². The van der Waals surface area contributed by atoms with Crippen LogP contribution in [0.5, 0.6) is 5.75 Å². The molecule has 1 atom stereocenters. The molecular formula is C19H28N4O4S. The van der Waals surface area contributed by atoms with Gasteiger partial charge in [-0.3, -0.25) is 4.79 Å². The van der Waals surface area contributed by atoms with E-state index in [4.69, 9.17) is 4.74 Å². The number of hydrogen-bond donors (Lipinski definition) is 2. The van der Waals surface area contributed by atoms with Gasteiger partial charge in [-0.15, -0.1) is 0 Å². The fourth-order valence-corrected chi connectivity index (χ4v) is 4.57. The van der Waals surface area contributed by atoms with E-state index in [9.17, 15) is 18.5 Å². The van der Waals surface area contributed by atoms with E-state index in [-0.39, 0.29) is 23.3 Å². The Morgan fingerprint density at radius 3 is 2.50 bits per heavy atom. The van der Waals surface area contributed by atoms with Crippen LogP contribution in [0.4, 0.5) is 5.69 Å². The van der Waals surface area contributed by atoms with Crippen molar-refractivity contribution in [3.05, 3.63) is 18.2 Å². The van der Waals surface area contributed by atoms with Crippen LogP contribution >= 0.6 is 0 Å². The van der Waals surface area contributed by atoms with Gasteiger partial charge in [-0.05, 0) is 43.9 Å². The van der Waals surface area contributed by atoms with E-state index in [1.165, 1.54) is 23.5 Å². The van der Waals surface area contributed by atoms with Crippen LogP contribution in [-0.4, -0.2) is 50.9 Å². The lowest BCUT2D eigenvalue weighted by Gasteiger charge is -2.23. The minimum atomic E-state index is -3.63. The third kappa shape index (κ3) is 4.75. The standard InChI is InChI=1S/C19H28N4O4S/c1-5-23(6-2)28(25,26)15-9-10-17(27-4)16(11-15)21-12-18(24)22-19(3,13-20)14-7-8-14/h9-11,14,21H,5-8,12H2,1-4H3,(H,22,24)/t19-/m1/s1. The molecule has 1 aromatic rings. The monoisotopic (exact) mass is 408 g/mol. The molecule has 2 rings (SSSR count). The number of anilines is 1. The van der Waals surface area contributed by atoms with Crippen molar-refractivity contribution in [1.29, 1.82) is 5.26 Å². The average Bonchev–Trinajstić information content (AvgIpc) is 3.52. The molecule has 1 aliphatic rings. The summed E-state index contributed by atoms with van der Waals surface area (Å²) >= 11 is 0. The average molecular weight is 409 g/mol. The zero-order valence-corrected chi connectivity index (χ0v) is 17.6. The highest BCUT2D eigenvalue weighted by atomic mass is 32.2. The van der Waals surface area contributed by atoms with Gasteiger partial charge in [0.15, 0.2) is 0 Å². The first-order valence-corrected chi connectivity index (χ1v) is 10.8. The Bertz CT molecular complexity index is 857. The van der Waals surface area contributed by atoms with Crippen molar-refractivity contribution in [3.8, 4) is 11.8 Å². The third-order valence-electron chi connectivity index (χ3n) is 4.98. The van der Waals surface area contributed by atoms with Gasteiger partial charge >= 0.3 is 0 Å². The molecule has 28 heavy (non-hydrogen) atoms. The van der Waals surface area contributed by atoms with Crippen LogP contribution in [0, 0.1) is 17.2 Å². The number of amides is 1. The van der Waals surface area contributed by atoms with Gasteiger partial charge in [-0.1, -0.05) is 13.8 Å². The number of methoxy groups -OCH3 is 1. The van der Waals surface area contributed by atoms with E-state index in [2.05, 4.69) is 16.7 Å². The highest BCUT2D eigenvalue weighted by Crippen LogP contribution is 2.39. The van der Waals surface area contributed by atoms with Gasteiger partial charge in [0.05, 0.1) is 30.3 Å².